The maximum Gasteiger partial charge on any atom is 0.248 e. The smallest absolute Gasteiger partial charge is 0.248 e. The Hall–Kier alpha value is -2.14. The Morgan fingerprint density at radius 3 is 2.70 bits per heavy atom. The van der Waals surface area contributed by atoms with Gasteiger partial charge in [0.15, 0.2) is 0 Å². The maximum atomic E-state index is 12.6. The SMILES string of the molecule is CCN(C(=O)C(N)c1cnn(C)c1)c1ccccc1C. The van der Waals surface area contributed by atoms with E-state index >= 15 is 0 Å². The van der Waals surface area contributed by atoms with Crippen LogP contribution in [0.15, 0.2) is 36.7 Å². The van der Waals surface area contributed by atoms with Gasteiger partial charge in [0.05, 0.1) is 6.20 Å². The van der Waals surface area contributed by atoms with Crippen molar-refractivity contribution in [2.45, 2.75) is 19.9 Å². The van der Waals surface area contributed by atoms with Crippen LogP contribution < -0.4 is 10.6 Å². The highest BCUT2D eigenvalue weighted by Gasteiger charge is 2.24. The van der Waals surface area contributed by atoms with Crippen molar-refractivity contribution in [3.63, 3.8) is 0 Å². The van der Waals surface area contributed by atoms with Crippen LogP contribution in [0, 0.1) is 6.92 Å². The van der Waals surface area contributed by atoms with E-state index in [2.05, 4.69) is 5.10 Å². The second-order valence-corrected chi connectivity index (χ2v) is 4.79. The molecule has 106 valence electrons. The molecule has 0 bridgehead atoms. The lowest BCUT2D eigenvalue weighted by Gasteiger charge is -2.25. The Kier molecular flexibility index (Phi) is 4.20. The van der Waals surface area contributed by atoms with Crippen LogP contribution in [-0.4, -0.2) is 22.2 Å². The van der Waals surface area contributed by atoms with Crippen molar-refractivity contribution in [3.8, 4) is 0 Å². The summed E-state index contributed by atoms with van der Waals surface area (Å²) in [6, 6.07) is 7.11. The predicted molar refractivity (Wildman–Crippen MR) is 79.3 cm³/mol. The number of rotatable bonds is 4. The highest BCUT2D eigenvalue weighted by atomic mass is 16.2. The molecule has 1 heterocycles. The molecule has 0 saturated carbocycles. The van der Waals surface area contributed by atoms with Crippen molar-refractivity contribution in [1.29, 1.82) is 0 Å². The molecule has 2 aromatic rings. The van der Waals surface area contributed by atoms with Crippen LogP contribution in [0.3, 0.4) is 0 Å². The number of amides is 1. The molecule has 20 heavy (non-hydrogen) atoms. The minimum atomic E-state index is -0.691. The van der Waals surface area contributed by atoms with Gasteiger partial charge >= 0.3 is 0 Å². The lowest BCUT2D eigenvalue weighted by molar-refractivity contribution is -0.119. The van der Waals surface area contributed by atoms with Gasteiger partial charge in [0.1, 0.15) is 6.04 Å². The van der Waals surface area contributed by atoms with Crippen molar-refractivity contribution in [2.75, 3.05) is 11.4 Å². The standard InChI is InChI=1S/C15H20N4O/c1-4-19(13-8-6-5-7-11(13)2)15(20)14(16)12-9-17-18(3)10-12/h5-10,14H,4,16H2,1-3H3. The average Bonchev–Trinajstić information content (AvgIpc) is 2.87. The van der Waals surface area contributed by atoms with E-state index in [4.69, 9.17) is 5.73 Å². The molecule has 1 unspecified atom stereocenters. The normalized spacial score (nSPS) is 12.2. The first-order valence-electron chi connectivity index (χ1n) is 6.65. The van der Waals surface area contributed by atoms with Crippen LogP contribution in [0.25, 0.3) is 0 Å². The van der Waals surface area contributed by atoms with Gasteiger partial charge in [-0.25, -0.2) is 0 Å². The van der Waals surface area contributed by atoms with E-state index < -0.39 is 6.04 Å². The zero-order chi connectivity index (χ0) is 14.7. The monoisotopic (exact) mass is 272 g/mol. The number of carbonyl (C=O) groups excluding carboxylic acids is 1. The van der Waals surface area contributed by atoms with Crippen molar-refractivity contribution >= 4 is 11.6 Å². The van der Waals surface area contributed by atoms with E-state index in [-0.39, 0.29) is 5.91 Å². The zero-order valence-corrected chi connectivity index (χ0v) is 12.1. The Morgan fingerprint density at radius 2 is 2.15 bits per heavy atom. The summed E-state index contributed by atoms with van der Waals surface area (Å²) in [5.41, 5.74) is 8.76. The summed E-state index contributed by atoms with van der Waals surface area (Å²) in [5, 5.41) is 4.06. The lowest BCUT2D eigenvalue weighted by Crippen LogP contribution is -2.38. The topological polar surface area (TPSA) is 64.2 Å². The van der Waals surface area contributed by atoms with Crippen LogP contribution in [-0.2, 0) is 11.8 Å². The van der Waals surface area contributed by atoms with Gasteiger partial charge in [-0.15, -0.1) is 0 Å². The first-order valence-corrected chi connectivity index (χ1v) is 6.65. The minimum absolute atomic E-state index is 0.116. The molecule has 0 radical (unpaired) electrons. The molecule has 2 rings (SSSR count). The van der Waals surface area contributed by atoms with Gasteiger partial charge in [-0.2, -0.15) is 5.10 Å². The molecule has 0 fully saturated rings. The van der Waals surface area contributed by atoms with E-state index in [0.717, 1.165) is 16.8 Å². The number of benzene rings is 1. The number of hydrogen-bond donors (Lipinski definition) is 1. The van der Waals surface area contributed by atoms with Crippen molar-refractivity contribution in [1.82, 2.24) is 9.78 Å². The molecule has 0 aliphatic heterocycles. The number of nitrogens with zero attached hydrogens (tertiary/aromatic N) is 3. The summed E-state index contributed by atoms with van der Waals surface area (Å²) in [6.45, 7) is 4.51. The quantitative estimate of drug-likeness (QED) is 0.922. The molecule has 1 atom stereocenters. The second-order valence-electron chi connectivity index (χ2n) is 4.79. The second kappa shape index (κ2) is 5.88. The van der Waals surface area contributed by atoms with Crippen LogP contribution in [0.4, 0.5) is 5.69 Å². The van der Waals surface area contributed by atoms with Gasteiger partial charge in [-0.1, -0.05) is 18.2 Å². The predicted octanol–water partition coefficient (Wildman–Crippen LogP) is 1.78. The highest BCUT2D eigenvalue weighted by molar-refractivity contribution is 5.98. The minimum Gasteiger partial charge on any atom is -0.316 e. The molecule has 0 spiro atoms. The number of aryl methyl sites for hydroxylation is 2. The summed E-state index contributed by atoms with van der Waals surface area (Å²) in [4.78, 5) is 14.3. The van der Waals surface area contributed by atoms with Gasteiger partial charge < -0.3 is 10.6 Å². The number of anilines is 1. The number of nitrogens with two attached hydrogens (primary N) is 1. The third kappa shape index (κ3) is 2.72. The fourth-order valence-electron chi connectivity index (χ4n) is 2.22. The fourth-order valence-corrected chi connectivity index (χ4v) is 2.22. The summed E-state index contributed by atoms with van der Waals surface area (Å²) in [6.07, 6.45) is 3.41. The highest BCUT2D eigenvalue weighted by Crippen LogP contribution is 2.22. The molecule has 2 N–H and O–H groups in total. The van der Waals surface area contributed by atoms with E-state index in [0.29, 0.717) is 6.54 Å². The third-order valence-electron chi connectivity index (χ3n) is 3.34. The Morgan fingerprint density at radius 1 is 1.45 bits per heavy atom. The molecule has 1 aromatic heterocycles. The van der Waals surface area contributed by atoms with Crippen LogP contribution in [0.5, 0.6) is 0 Å². The molecule has 1 amide bonds. The summed E-state index contributed by atoms with van der Waals surface area (Å²) in [7, 11) is 1.81. The third-order valence-corrected chi connectivity index (χ3v) is 3.34. The van der Waals surface area contributed by atoms with Crippen LogP contribution in [0.2, 0.25) is 0 Å². The van der Waals surface area contributed by atoms with Gasteiger partial charge in [-0.05, 0) is 25.5 Å². The van der Waals surface area contributed by atoms with E-state index in [1.807, 2.05) is 38.1 Å². The maximum absolute atomic E-state index is 12.6. The van der Waals surface area contributed by atoms with Gasteiger partial charge in [-0.3, -0.25) is 9.48 Å². The van der Waals surface area contributed by atoms with E-state index in [9.17, 15) is 4.79 Å². The van der Waals surface area contributed by atoms with Crippen molar-refractivity contribution < 1.29 is 4.79 Å². The Bertz CT molecular complexity index is 605. The fraction of sp³-hybridized carbons (Fsp3) is 0.333. The first-order chi connectivity index (χ1) is 9.54. The molecular weight excluding hydrogens is 252 g/mol. The molecular formula is C15H20N4O. The molecule has 0 saturated heterocycles. The molecule has 5 heteroatoms. The zero-order valence-electron chi connectivity index (χ0n) is 12.1. The van der Waals surface area contributed by atoms with Gasteiger partial charge in [0.2, 0.25) is 5.91 Å². The first kappa shape index (κ1) is 14.3. The summed E-state index contributed by atoms with van der Waals surface area (Å²) in [5.74, 6) is -0.116. The summed E-state index contributed by atoms with van der Waals surface area (Å²) >= 11 is 0. The Balaban J connectivity index is 2.28. The molecule has 0 aliphatic rings. The van der Waals surface area contributed by atoms with Crippen LogP contribution in [0.1, 0.15) is 24.1 Å². The largest absolute Gasteiger partial charge is 0.316 e. The van der Waals surface area contributed by atoms with Crippen LogP contribution >= 0.6 is 0 Å². The lowest BCUT2D eigenvalue weighted by atomic mass is 10.1. The molecule has 1 aromatic carbocycles. The number of aromatic nitrogens is 2. The van der Waals surface area contributed by atoms with Crippen molar-refractivity contribution in [3.05, 3.63) is 47.8 Å². The van der Waals surface area contributed by atoms with E-state index in [1.54, 1.807) is 29.0 Å². The number of carbonyl (C=O) groups is 1. The molecule has 0 aliphatic carbocycles. The average molecular weight is 272 g/mol. The molecule has 5 nitrogen and oxygen atoms in total. The Labute approximate surface area is 119 Å². The van der Waals surface area contributed by atoms with E-state index in [1.165, 1.54) is 0 Å². The number of likely N-dealkylation sites (N-methyl/N-ethyl adjacent to an activating group) is 1. The van der Waals surface area contributed by atoms with Crippen molar-refractivity contribution in [2.24, 2.45) is 12.8 Å². The number of hydrogen-bond acceptors (Lipinski definition) is 3. The number of para-hydroxylation sites is 1. The van der Waals surface area contributed by atoms with Gasteiger partial charge in [0, 0.05) is 31.0 Å². The van der Waals surface area contributed by atoms with Gasteiger partial charge in [0.25, 0.3) is 0 Å². The summed E-state index contributed by atoms with van der Waals surface area (Å²) < 4.78 is 1.65.